The van der Waals surface area contributed by atoms with E-state index in [0.717, 1.165) is 5.92 Å². The van der Waals surface area contributed by atoms with Crippen LogP contribution in [0, 0.1) is 11.8 Å². The van der Waals surface area contributed by atoms with Crippen LogP contribution in [0.15, 0.2) is 0 Å². The first-order chi connectivity index (χ1) is 4.83. The molecule has 2 fully saturated rings. The Hall–Kier alpha value is 0.895. The third-order valence-electron chi connectivity index (χ3n) is 2.98. The Kier molecular flexibility index (Phi) is 2.07. The Morgan fingerprint density at radius 3 is 2.70 bits per heavy atom. The first-order valence-electron chi connectivity index (χ1n) is 3.92. The number of ketones is 1. The maximum absolute atomic E-state index is 11.4. The monoisotopic (exact) mass is 346 g/mol. The van der Waals surface area contributed by atoms with Crippen LogP contribution in [0.3, 0.4) is 0 Å². The molecule has 0 N–H and O–H groups in total. The van der Waals surface area contributed by atoms with E-state index < -0.39 is 23.3 Å². The van der Waals surface area contributed by atoms with Crippen LogP contribution >= 0.6 is 8.25 Å². The van der Waals surface area contributed by atoms with Crippen molar-refractivity contribution in [3.63, 3.8) is 0 Å². The molecule has 3 atom stereocenters. The molecule has 0 heterocycles. The van der Waals surface area contributed by atoms with Crippen molar-refractivity contribution in [2.24, 2.45) is 11.8 Å². The second-order valence-electron chi connectivity index (χ2n) is 3.43. The van der Waals surface area contributed by atoms with Gasteiger partial charge >= 0.3 is 76.7 Å². The van der Waals surface area contributed by atoms with Crippen LogP contribution in [-0.4, -0.2) is 5.78 Å². The molecule has 1 nitrogen and oxygen atoms in total. The van der Waals surface area contributed by atoms with Gasteiger partial charge in [0.1, 0.15) is 0 Å². The van der Waals surface area contributed by atoms with Crippen LogP contribution in [0.4, 0.5) is 0 Å². The predicted octanol–water partition coefficient (Wildman–Crippen LogP) is 2.01. The number of Topliss-reactive ketones (excluding diaryl/α,β-unsaturated/α-hetero) is 1. The molecule has 0 radical (unpaired) electrons. The minimum absolute atomic E-state index is 0.445. The Balaban J connectivity index is 2.17. The SMILES string of the molecule is O=C1C2CCC(C2)[CH]1[Hg][Cl]. The van der Waals surface area contributed by atoms with E-state index in [1.807, 2.05) is 0 Å². The van der Waals surface area contributed by atoms with Gasteiger partial charge in [-0.25, -0.2) is 0 Å². The second-order valence-corrected chi connectivity index (χ2v) is 10.8. The number of carbonyl (C=O) groups excluding carboxylic acids is 1. The fraction of sp³-hybridized carbons (Fsp3) is 0.857. The van der Waals surface area contributed by atoms with Crippen molar-refractivity contribution in [1.29, 1.82) is 0 Å². The second kappa shape index (κ2) is 2.74. The molecule has 0 spiro atoms. The van der Waals surface area contributed by atoms with Crippen LogP contribution < -0.4 is 0 Å². The van der Waals surface area contributed by atoms with E-state index in [4.69, 9.17) is 8.25 Å². The topological polar surface area (TPSA) is 17.1 Å². The number of rotatable bonds is 1. The first kappa shape index (κ1) is 7.54. The molecule has 2 aliphatic carbocycles. The summed E-state index contributed by atoms with van der Waals surface area (Å²) >= 11 is -1.23. The molecule has 2 aliphatic rings. The summed E-state index contributed by atoms with van der Waals surface area (Å²) in [6.07, 6.45) is 3.66. The molecule has 0 aliphatic heterocycles. The van der Waals surface area contributed by atoms with Crippen molar-refractivity contribution in [3.8, 4) is 0 Å². The summed E-state index contributed by atoms with van der Waals surface area (Å²) in [4.78, 5) is 11.4. The Morgan fingerprint density at radius 1 is 1.50 bits per heavy atom. The summed E-state index contributed by atoms with van der Waals surface area (Å²) in [7, 11) is 5.90. The molecular formula is C7H9ClHgO. The van der Waals surface area contributed by atoms with E-state index in [1.165, 1.54) is 19.3 Å². The third kappa shape index (κ3) is 0.971. The maximum atomic E-state index is 11.4. The van der Waals surface area contributed by atoms with E-state index in [1.54, 1.807) is 0 Å². The Morgan fingerprint density at radius 2 is 2.30 bits per heavy atom. The van der Waals surface area contributed by atoms with Gasteiger partial charge in [-0.2, -0.15) is 0 Å². The van der Waals surface area contributed by atoms with Crippen molar-refractivity contribution in [2.75, 3.05) is 0 Å². The van der Waals surface area contributed by atoms with Gasteiger partial charge < -0.3 is 0 Å². The molecule has 3 unspecified atom stereocenters. The van der Waals surface area contributed by atoms with Crippen molar-refractivity contribution in [2.45, 2.75) is 22.7 Å². The van der Waals surface area contributed by atoms with Gasteiger partial charge in [0.2, 0.25) is 0 Å². The third-order valence-corrected chi connectivity index (χ3v) is 11.3. The van der Waals surface area contributed by atoms with Crippen LogP contribution in [0.5, 0.6) is 0 Å². The Labute approximate surface area is 76.4 Å². The number of hydrogen-bond acceptors (Lipinski definition) is 1. The van der Waals surface area contributed by atoms with Crippen LogP contribution in [-0.2, 0) is 28.1 Å². The summed E-state index contributed by atoms with van der Waals surface area (Å²) in [5, 5.41) is 0. The average molecular weight is 345 g/mol. The van der Waals surface area contributed by atoms with Gasteiger partial charge in [-0.3, -0.25) is 0 Å². The number of fused-ring (bicyclic) bond motifs is 2. The van der Waals surface area contributed by atoms with Gasteiger partial charge in [-0.05, 0) is 0 Å². The summed E-state index contributed by atoms with van der Waals surface area (Å²) in [5.74, 6) is 1.75. The summed E-state index contributed by atoms with van der Waals surface area (Å²) in [5.41, 5.74) is 0. The molecular weight excluding hydrogens is 336 g/mol. The molecule has 0 saturated heterocycles. The molecule has 2 bridgehead atoms. The van der Waals surface area contributed by atoms with E-state index in [9.17, 15) is 4.79 Å². The quantitative estimate of drug-likeness (QED) is 0.665. The van der Waals surface area contributed by atoms with Crippen molar-refractivity contribution >= 4 is 14.0 Å². The molecule has 52 valence electrons. The van der Waals surface area contributed by atoms with Crippen LogP contribution in [0.1, 0.15) is 19.3 Å². The van der Waals surface area contributed by atoms with E-state index in [0.29, 0.717) is 15.1 Å². The zero-order valence-corrected chi connectivity index (χ0v) is 12.1. The number of hydrogen-bond donors (Lipinski definition) is 0. The summed E-state index contributed by atoms with van der Waals surface area (Å²) in [6.45, 7) is 0. The van der Waals surface area contributed by atoms with Crippen molar-refractivity contribution < 1.29 is 28.1 Å². The molecule has 3 heteroatoms. The van der Waals surface area contributed by atoms with Gasteiger partial charge in [-0.1, -0.05) is 0 Å². The van der Waals surface area contributed by atoms with Gasteiger partial charge in [0.05, 0.1) is 0 Å². The average Bonchev–Trinajstić information content (AvgIpc) is 2.46. The predicted molar refractivity (Wildman–Crippen MR) is 35.4 cm³/mol. The molecule has 0 aromatic heterocycles. The van der Waals surface area contributed by atoms with Gasteiger partial charge in [-0.15, -0.1) is 0 Å². The van der Waals surface area contributed by atoms with Gasteiger partial charge in [0.25, 0.3) is 0 Å². The summed E-state index contributed by atoms with van der Waals surface area (Å²) < 4.78 is 0.445. The molecule has 0 aromatic carbocycles. The molecule has 2 rings (SSSR count). The fourth-order valence-electron chi connectivity index (χ4n) is 2.38. The van der Waals surface area contributed by atoms with Crippen molar-refractivity contribution in [3.05, 3.63) is 0 Å². The molecule has 10 heavy (non-hydrogen) atoms. The van der Waals surface area contributed by atoms with Gasteiger partial charge in [0.15, 0.2) is 0 Å². The molecule has 0 amide bonds. The summed E-state index contributed by atoms with van der Waals surface area (Å²) in [6, 6.07) is 0. The standard InChI is InChI=1S/C7H9O.ClH.Hg/c8-7-4-5-1-2-6(7)3-5;;/h4-6H,1-3H2;1H;/q;;+1/p-1. The van der Waals surface area contributed by atoms with Crippen LogP contribution in [0.2, 0.25) is 3.43 Å². The normalized spacial score (nSPS) is 44.1. The zero-order valence-electron chi connectivity index (χ0n) is 5.85. The van der Waals surface area contributed by atoms with Crippen LogP contribution in [0.25, 0.3) is 0 Å². The fourth-order valence-corrected chi connectivity index (χ4v) is 10.5. The van der Waals surface area contributed by atoms with Gasteiger partial charge in [0, 0.05) is 0 Å². The number of halogens is 1. The minimum atomic E-state index is -1.23. The number of carbonyl (C=O) groups is 1. The van der Waals surface area contributed by atoms with E-state index in [2.05, 4.69) is 0 Å². The molecule has 2 saturated carbocycles. The Bertz CT molecular complexity index is 171. The first-order valence-corrected chi connectivity index (χ1v) is 13.9. The van der Waals surface area contributed by atoms with Crippen molar-refractivity contribution in [1.82, 2.24) is 0 Å². The van der Waals surface area contributed by atoms with E-state index >= 15 is 0 Å². The van der Waals surface area contributed by atoms with E-state index in [-0.39, 0.29) is 0 Å². The zero-order chi connectivity index (χ0) is 7.14. The molecule has 0 aromatic rings.